The molecule has 7 heteroatoms. The van der Waals surface area contributed by atoms with Gasteiger partial charge in [0, 0.05) is 13.8 Å². The number of hydrogen-bond acceptors (Lipinski definition) is 4. The Kier molecular flexibility index (Phi) is 4.41. The molecule has 0 saturated heterocycles. The van der Waals surface area contributed by atoms with Gasteiger partial charge in [-0.3, -0.25) is 4.79 Å². The van der Waals surface area contributed by atoms with Gasteiger partial charge in [-0.2, -0.15) is 13.2 Å². The fourth-order valence-electron chi connectivity index (χ4n) is 1.39. The van der Waals surface area contributed by atoms with Crippen molar-refractivity contribution < 1.29 is 27.4 Å². The van der Waals surface area contributed by atoms with E-state index >= 15 is 0 Å². The number of alkyl halides is 3. The fraction of sp³-hybridized carbons (Fsp3) is 0.417. The number of benzene rings is 1. The van der Waals surface area contributed by atoms with Crippen molar-refractivity contribution in [2.75, 3.05) is 6.54 Å². The number of rotatable bonds is 4. The van der Waals surface area contributed by atoms with Gasteiger partial charge >= 0.3 is 12.1 Å². The molecule has 2 N–H and O–H groups in total. The zero-order valence-corrected chi connectivity index (χ0v) is 10.5. The van der Waals surface area contributed by atoms with Crippen LogP contribution in [0.5, 0.6) is 5.75 Å². The summed E-state index contributed by atoms with van der Waals surface area (Å²) in [5, 5.41) is 0. The lowest BCUT2D eigenvalue weighted by molar-refractivity contribution is -0.186. The van der Waals surface area contributed by atoms with Crippen molar-refractivity contribution >= 4 is 5.97 Å². The second kappa shape index (κ2) is 5.48. The maximum atomic E-state index is 12.7. The van der Waals surface area contributed by atoms with E-state index in [9.17, 15) is 18.0 Å². The van der Waals surface area contributed by atoms with Crippen LogP contribution in [0.25, 0.3) is 0 Å². The first-order valence-corrected chi connectivity index (χ1v) is 5.43. The van der Waals surface area contributed by atoms with E-state index in [0.717, 1.165) is 12.1 Å². The molecule has 1 aromatic carbocycles. The summed E-state index contributed by atoms with van der Waals surface area (Å²) in [7, 11) is 0. The van der Waals surface area contributed by atoms with Crippen molar-refractivity contribution in [3.8, 4) is 5.75 Å². The molecule has 0 aliphatic carbocycles. The van der Waals surface area contributed by atoms with E-state index in [1.807, 2.05) is 0 Å². The standard InChI is InChI=1S/C12H14F3NO3/c1-11(2,19-10(17)7-16)18-9-6-4-3-5-8(9)12(13,14)15/h3-6H,7,16H2,1-2H3. The molecule has 1 aromatic rings. The lowest BCUT2D eigenvalue weighted by Crippen LogP contribution is -2.37. The van der Waals surface area contributed by atoms with Gasteiger partial charge in [0.25, 0.3) is 0 Å². The number of carbonyl (C=O) groups is 1. The Hall–Kier alpha value is -1.76. The maximum absolute atomic E-state index is 12.7. The summed E-state index contributed by atoms with van der Waals surface area (Å²) < 4.78 is 48.2. The van der Waals surface area contributed by atoms with Crippen molar-refractivity contribution in [2.45, 2.75) is 25.8 Å². The lowest BCUT2D eigenvalue weighted by atomic mass is 10.2. The first-order chi connectivity index (χ1) is 8.65. The third-order valence-corrected chi connectivity index (χ3v) is 2.07. The Labute approximate surface area is 108 Å². The number of esters is 1. The zero-order chi connectivity index (χ0) is 14.7. The number of carbonyl (C=O) groups excluding carboxylic acids is 1. The molecule has 0 amide bonds. The van der Waals surface area contributed by atoms with Gasteiger partial charge in [0.2, 0.25) is 5.79 Å². The van der Waals surface area contributed by atoms with Gasteiger partial charge in [0.15, 0.2) is 0 Å². The molecule has 4 nitrogen and oxygen atoms in total. The summed E-state index contributed by atoms with van der Waals surface area (Å²) in [4.78, 5) is 11.1. The molecule has 0 heterocycles. The van der Waals surface area contributed by atoms with Crippen molar-refractivity contribution in [3.05, 3.63) is 29.8 Å². The molecule has 0 fully saturated rings. The SMILES string of the molecule is CC(C)(OC(=O)CN)Oc1ccccc1C(F)(F)F. The first kappa shape index (κ1) is 15.3. The molecule has 0 bridgehead atoms. The van der Waals surface area contributed by atoms with Crippen molar-refractivity contribution in [1.29, 1.82) is 0 Å². The second-order valence-corrected chi connectivity index (χ2v) is 4.17. The van der Waals surface area contributed by atoms with Gasteiger partial charge in [-0.1, -0.05) is 12.1 Å². The largest absolute Gasteiger partial charge is 0.452 e. The molecular weight excluding hydrogens is 263 g/mol. The lowest BCUT2D eigenvalue weighted by Gasteiger charge is -2.27. The van der Waals surface area contributed by atoms with E-state index in [4.69, 9.17) is 15.2 Å². The van der Waals surface area contributed by atoms with Crippen molar-refractivity contribution in [2.24, 2.45) is 5.73 Å². The highest BCUT2D eigenvalue weighted by molar-refractivity contribution is 5.71. The second-order valence-electron chi connectivity index (χ2n) is 4.17. The minimum Gasteiger partial charge on any atom is -0.452 e. The molecule has 0 spiro atoms. The van der Waals surface area contributed by atoms with Gasteiger partial charge < -0.3 is 15.2 Å². The molecule has 0 saturated carbocycles. The fourth-order valence-corrected chi connectivity index (χ4v) is 1.39. The molecule has 19 heavy (non-hydrogen) atoms. The van der Waals surface area contributed by atoms with Crippen LogP contribution in [0.2, 0.25) is 0 Å². The minimum atomic E-state index is -4.55. The Bertz CT molecular complexity index is 458. The van der Waals surface area contributed by atoms with E-state index in [0.29, 0.717) is 0 Å². The predicted octanol–water partition coefficient (Wildman–Crippen LogP) is 2.32. The van der Waals surface area contributed by atoms with Gasteiger partial charge in [-0.05, 0) is 12.1 Å². The van der Waals surface area contributed by atoms with E-state index in [1.54, 1.807) is 0 Å². The number of halogens is 3. The molecule has 0 aromatic heterocycles. The Morgan fingerprint density at radius 1 is 1.26 bits per heavy atom. The van der Waals surface area contributed by atoms with E-state index in [2.05, 4.69) is 0 Å². The number of para-hydroxylation sites is 1. The zero-order valence-electron chi connectivity index (χ0n) is 10.5. The third-order valence-electron chi connectivity index (χ3n) is 2.07. The third kappa shape index (κ3) is 4.44. The summed E-state index contributed by atoms with van der Waals surface area (Å²) in [6.45, 7) is 2.27. The van der Waals surface area contributed by atoms with Crippen LogP contribution >= 0.6 is 0 Å². The molecular formula is C12H14F3NO3. The van der Waals surface area contributed by atoms with Crippen LogP contribution in [0, 0.1) is 0 Å². The molecule has 0 unspecified atom stereocenters. The topological polar surface area (TPSA) is 61.5 Å². The average molecular weight is 277 g/mol. The molecule has 0 radical (unpaired) electrons. The quantitative estimate of drug-likeness (QED) is 0.677. The smallest absolute Gasteiger partial charge is 0.419 e. The van der Waals surface area contributed by atoms with Gasteiger partial charge in [-0.15, -0.1) is 0 Å². The van der Waals surface area contributed by atoms with Crippen LogP contribution in [-0.4, -0.2) is 18.3 Å². The number of ether oxygens (including phenoxy) is 2. The molecule has 1 rings (SSSR count). The van der Waals surface area contributed by atoms with E-state index < -0.39 is 29.2 Å². The van der Waals surface area contributed by atoms with Crippen LogP contribution in [0.4, 0.5) is 13.2 Å². The molecule has 0 aliphatic rings. The summed E-state index contributed by atoms with van der Waals surface area (Å²) >= 11 is 0. The average Bonchev–Trinajstić information content (AvgIpc) is 2.26. The summed E-state index contributed by atoms with van der Waals surface area (Å²) in [5.41, 5.74) is 4.12. The van der Waals surface area contributed by atoms with Gasteiger partial charge in [0.05, 0.1) is 12.1 Å². The highest BCUT2D eigenvalue weighted by atomic mass is 19.4. The Morgan fingerprint density at radius 3 is 2.37 bits per heavy atom. The number of hydrogen-bond donors (Lipinski definition) is 1. The van der Waals surface area contributed by atoms with E-state index in [-0.39, 0.29) is 6.54 Å². The van der Waals surface area contributed by atoms with Crippen LogP contribution in [-0.2, 0) is 15.7 Å². The first-order valence-electron chi connectivity index (χ1n) is 5.43. The van der Waals surface area contributed by atoms with Gasteiger partial charge in [-0.25, -0.2) is 0 Å². The Morgan fingerprint density at radius 2 is 1.84 bits per heavy atom. The van der Waals surface area contributed by atoms with E-state index in [1.165, 1.54) is 26.0 Å². The summed E-state index contributed by atoms with van der Waals surface area (Å²) in [6.07, 6.45) is -4.55. The van der Waals surface area contributed by atoms with Crippen molar-refractivity contribution in [1.82, 2.24) is 0 Å². The molecule has 106 valence electrons. The van der Waals surface area contributed by atoms with Crippen LogP contribution < -0.4 is 10.5 Å². The highest BCUT2D eigenvalue weighted by Crippen LogP contribution is 2.37. The highest BCUT2D eigenvalue weighted by Gasteiger charge is 2.36. The van der Waals surface area contributed by atoms with Crippen molar-refractivity contribution in [3.63, 3.8) is 0 Å². The normalized spacial score (nSPS) is 12.1. The Balaban J connectivity index is 2.96. The number of nitrogens with two attached hydrogens (primary N) is 1. The molecule has 0 aliphatic heterocycles. The van der Waals surface area contributed by atoms with Crippen LogP contribution in [0.15, 0.2) is 24.3 Å². The minimum absolute atomic E-state index is 0.381. The summed E-state index contributed by atoms with van der Waals surface area (Å²) in [6, 6.07) is 4.68. The summed E-state index contributed by atoms with van der Waals surface area (Å²) in [5.74, 6) is -2.73. The molecule has 0 atom stereocenters. The van der Waals surface area contributed by atoms with Crippen LogP contribution in [0.1, 0.15) is 19.4 Å². The predicted molar refractivity (Wildman–Crippen MR) is 61.3 cm³/mol. The van der Waals surface area contributed by atoms with Gasteiger partial charge in [0.1, 0.15) is 5.75 Å². The maximum Gasteiger partial charge on any atom is 0.419 e. The van der Waals surface area contributed by atoms with Crippen LogP contribution in [0.3, 0.4) is 0 Å². The monoisotopic (exact) mass is 277 g/mol.